The molecule has 1 fully saturated rings. The first-order chi connectivity index (χ1) is 13.2. The first-order valence-electron chi connectivity index (χ1n) is 9.08. The van der Waals surface area contributed by atoms with Crippen LogP contribution in [-0.2, 0) is 11.3 Å². The number of ether oxygens (including phenoxy) is 1. The Morgan fingerprint density at radius 2 is 1.93 bits per heavy atom. The third-order valence-electron chi connectivity index (χ3n) is 4.80. The summed E-state index contributed by atoms with van der Waals surface area (Å²) in [5.41, 5.74) is 4.74. The van der Waals surface area contributed by atoms with Gasteiger partial charge in [0.2, 0.25) is 5.91 Å². The van der Waals surface area contributed by atoms with Gasteiger partial charge in [0, 0.05) is 23.0 Å². The number of hydrogen-bond acceptors (Lipinski definition) is 4. The largest absolute Gasteiger partial charge is 0.496 e. The predicted octanol–water partition coefficient (Wildman–Crippen LogP) is 3.71. The van der Waals surface area contributed by atoms with Crippen LogP contribution < -0.4 is 10.2 Å². The lowest BCUT2D eigenvalue weighted by Crippen LogP contribution is -2.39. The fourth-order valence-corrected chi connectivity index (χ4v) is 3.36. The van der Waals surface area contributed by atoms with Crippen LogP contribution in [0.2, 0.25) is 5.02 Å². The number of carbonyl (C=O) groups excluding carboxylic acids is 1. The highest BCUT2D eigenvalue weighted by molar-refractivity contribution is 6.30. The van der Waals surface area contributed by atoms with Crippen molar-refractivity contribution in [1.82, 2.24) is 10.3 Å². The molecule has 2 aromatic rings. The Hall–Kier alpha value is -2.37. The predicted molar refractivity (Wildman–Crippen MR) is 108 cm³/mol. The minimum atomic E-state index is -0.0210. The van der Waals surface area contributed by atoms with Gasteiger partial charge < -0.3 is 4.74 Å². The van der Waals surface area contributed by atoms with Crippen molar-refractivity contribution in [1.29, 1.82) is 0 Å². The Morgan fingerprint density at radius 1 is 1.22 bits per heavy atom. The van der Waals surface area contributed by atoms with Crippen LogP contribution in [0.1, 0.15) is 24.0 Å². The van der Waals surface area contributed by atoms with Crippen molar-refractivity contribution in [2.45, 2.75) is 19.4 Å². The molecular weight excluding hydrogens is 362 g/mol. The summed E-state index contributed by atoms with van der Waals surface area (Å²) in [5.74, 6) is 0.708. The Labute approximate surface area is 165 Å². The maximum absolute atomic E-state index is 12.4. The third kappa shape index (κ3) is 5.55. The van der Waals surface area contributed by atoms with Crippen molar-refractivity contribution >= 4 is 23.7 Å². The van der Waals surface area contributed by atoms with E-state index in [1.165, 1.54) is 5.56 Å². The maximum Gasteiger partial charge on any atom is 0.243 e. The van der Waals surface area contributed by atoms with Gasteiger partial charge in [-0.15, -0.1) is 0 Å². The van der Waals surface area contributed by atoms with E-state index in [4.69, 9.17) is 16.3 Å². The van der Waals surface area contributed by atoms with Crippen molar-refractivity contribution in [3.05, 3.63) is 64.7 Å². The van der Waals surface area contributed by atoms with Gasteiger partial charge in [0.25, 0.3) is 0 Å². The minimum absolute atomic E-state index is 0.00119. The Morgan fingerprint density at radius 3 is 2.63 bits per heavy atom. The zero-order valence-electron chi connectivity index (χ0n) is 15.4. The molecule has 0 saturated carbocycles. The van der Waals surface area contributed by atoms with Crippen LogP contribution in [0.4, 0.5) is 0 Å². The van der Waals surface area contributed by atoms with Crippen LogP contribution in [0.25, 0.3) is 0 Å². The van der Waals surface area contributed by atoms with E-state index in [2.05, 4.69) is 15.4 Å². The second-order valence-electron chi connectivity index (χ2n) is 6.65. The molecule has 1 saturated heterocycles. The third-order valence-corrected chi connectivity index (χ3v) is 5.05. The van der Waals surface area contributed by atoms with Crippen molar-refractivity contribution in [3.63, 3.8) is 0 Å². The van der Waals surface area contributed by atoms with Gasteiger partial charge in [-0.25, -0.2) is 5.43 Å². The highest BCUT2D eigenvalue weighted by Crippen LogP contribution is 2.20. The Kier molecular flexibility index (Phi) is 6.85. The molecule has 1 heterocycles. The van der Waals surface area contributed by atoms with Gasteiger partial charge in [0.15, 0.2) is 0 Å². The first kappa shape index (κ1) is 19.4. The smallest absolute Gasteiger partial charge is 0.243 e. The molecule has 0 aliphatic carbocycles. The number of hydrazone groups is 1. The molecule has 0 atom stereocenters. The molecule has 1 aliphatic rings. The number of para-hydroxylation sites is 1. The van der Waals surface area contributed by atoms with Gasteiger partial charge in [0.05, 0.1) is 13.3 Å². The molecule has 0 unspecified atom stereocenters. The van der Waals surface area contributed by atoms with E-state index >= 15 is 0 Å². The molecule has 0 bridgehead atoms. The number of hydrogen-bond donors (Lipinski definition) is 1. The van der Waals surface area contributed by atoms with E-state index in [0.717, 1.165) is 48.8 Å². The van der Waals surface area contributed by atoms with E-state index in [1.54, 1.807) is 13.3 Å². The number of rotatable bonds is 6. The lowest BCUT2D eigenvalue weighted by molar-refractivity contribution is -0.126. The zero-order valence-corrected chi connectivity index (χ0v) is 16.2. The number of benzene rings is 2. The monoisotopic (exact) mass is 385 g/mol. The van der Waals surface area contributed by atoms with Crippen LogP contribution in [0.15, 0.2) is 53.6 Å². The minimum Gasteiger partial charge on any atom is -0.496 e. The molecule has 2 aromatic carbocycles. The van der Waals surface area contributed by atoms with Crippen LogP contribution in [0, 0.1) is 5.92 Å². The van der Waals surface area contributed by atoms with Gasteiger partial charge in [0.1, 0.15) is 5.75 Å². The highest BCUT2D eigenvalue weighted by atomic mass is 35.5. The number of methoxy groups -OCH3 is 1. The standard InChI is InChI=1S/C21H24ClN3O2/c1-27-20-5-3-2-4-18(20)14-23-24-21(26)17-10-12-25(13-11-17)15-16-6-8-19(22)9-7-16/h2-9,14,17H,10-13,15H2,1H3,(H,24,26)/b23-14-. The lowest BCUT2D eigenvalue weighted by Gasteiger charge is -2.30. The second-order valence-corrected chi connectivity index (χ2v) is 7.09. The van der Waals surface area contributed by atoms with Crippen LogP contribution >= 0.6 is 11.6 Å². The number of halogens is 1. The van der Waals surface area contributed by atoms with Gasteiger partial charge in [-0.2, -0.15) is 5.10 Å². The van der Waals surface area contributed by atoms with Crippen molar-refractivity contribution in [2.75, 3.05) is 20.2 Å². The van der Waals surface area contributed by atoms with Crippen LogP contribution in [0.5, 0.6) is 5.75 Å². The molecule has 6 heteroatoms. The summed E-state index contributed by atoms with van der Waals surface area (Å²) in [4.78, 5) is 14.7. The summed E-state index contributed by atoms with van der Waals surface area (Å²) in [6.07, 6.45) is 3.29. The van der Waals surface area contributed by atoms with Crippen LogP contribution in [-0.4, -0.2) is 37.2 Å². The summed E-state index contributed by atoms with van der Waals surface area (Å²) in [7, 11) is 1.61. The molecule has 5 nitrogen and oxygen atoms in total. The molecule has 0 radical (unpaired) electrons. The molecular formula is C21H24ClN3O2. The summed E-state index contributed by atoms with van der Waals surface area (Å²) in [6.45, 7) is 2.69. The van der Waals surface area contributed by atoms with E-state index in [9.17, 15) is 4.79 Å². The maximum atomic E-state index is 12.4. The number of nitrogens with one attached hydrogen (secondary N) is 1. The summed E-state index contributed by atoms with van der Waals surface area (Å²) >= 11 is 5.93. The second kappa shape index (κ2) is 9.53. The van der Waals surface area contributed by atoms with Gasteiger partial charge >= 0.3 is 0 Å². The Bertz CT molecular complexity index is 784. The first-order valence-corrected chi connectivity index (χ1v) is 9.46. The number of nitrogens with zero attached hydrogens (tertiary/aromatic N) is 2. The average Bonchev–Trinajstić information content (AvgIpc) is 2.70. The molecule has 3 rings (SSSR count). The normalized spacial score (nSPS) is 15.8. The molecule has 27 heavy (non-hydrogen) atoms. The van der Waals surface area contributed by atoms with Crippen molar-refractivity contribution in [2.24, 2.45) is 11.0 Å². The number of carbonyl (C=O) groups is 1. The fourth-order valence-electron chi connectivity index (χ4n) is 3.23. The van der Waals surface area contributed by atoms with Gasteiger partial charge in [-0.1, -0.05) is 35.9 Å². The van der Waals surface area contributed by atoms with Gasteiger partial charge in [-0.3, -0.25) is 9.69 Å². The number of amides is 1. The number of piperidine rings is 1. The van der Waals surface area contributed by atoms with Gasteiger partial charge in [-0.05, 0) is 55.8 Å². The lowest BCUT2D eigenvalue weighted by atomic mass is 9.96. The molecule has 1 aliphatic heterocycles. The van der Waals surface area contributed by atoms with Crippen LogP contribution in [0.3, 0.4) is 0 Å². The van der Waals surface area contributed by atoms with E-state index in [1.807, 2.05) is 48.5 Å². The zero-order chi connectivity index (χ0) is 19.1. The summed E-state index contributed by atoms with van der Waals surface area (Å²) in [5, 5.41) is 4.84. The molecule has 0 spiro atoms. The topological polar surface area (TPSA) is 53.9 Å². The average molecular weight is 386 g/mol. The SMILES string of the molecule is COc1ccccc1/C=N\NC(=O)C1CCN(Cc2ccc(Cl)cc2)CC1. The number of likely N-dealkylation sites (tertiary alicyclic amines) is 1. The summed E-state index contributed by atoms with van der Waals surface area (Å²) in [6, 6.07) is 15.5. The van der Waals surface area contributed by atoms with E-state index < -0.39 is 0 Å². The highest BCUT2D eigenvalue weighted by Gasteiger charge is 2.24. The van der Waals surface area contributed by atoms with Crippen molar-refractivity contribution in [3.8, 4) is 5.75 Å². The van der Waals surface area contributed by atoms with E-state index in [-0.39, 0.29) is 11.8 Å². The molecule has 142 valence electrons. The molecule has 1 N–H and O–H groups in total. The summed E-state index contributed by atoms with van der Waals surface area (Å²) < 4.78 is 5.27. The molecule has 0 aromatic heterocycles. The van der Waals surface area contributed by atoms with Crippen molar-refractivity contribution < 1.29 is 9.53 Å². The van der Waals surface area contributed by atoms with E-state index in [0.29, 0.717) is 0 Å². The Balaban J connectivity index is 1.45. The fraction of sp³-hybridized carbons (Fsp3) is 0.333. The molecule has 1 amide bonds. The quantitative estimate of drug-likeness (QED) is 0.609.